The number of fused-ring (bicyclic) bond motifs is 1. The topological polar surface area (TPSA) is 30.0 Å². The summed E-state index contributed by atoms with van der Waals surface area (Å²) in [5.74, 6) is 0.0436. The van der Waals surface area contributed by atoms with Gasteiger partial charge in [0, 0.05) is 11.6 Å². The van der Waals surface area contributed by atoms with Crippen molar-refractivity contribution in [2.75, 3.05) is 0 Å². The molecule has 2 aromatic rings. The average Bonchev–Trinajstić information content (AvgIpc) is 2.17. The van der Waals surface area contributed by atoms with E-state index in [2.05, 4.69) is 4.98 Å². The Hall–Kier alpha value is -1.70. The molecule has 0 unspecified atom stereocenters. The molecule has 0 N–H and O–H groups in total. The third-order valence-corrected chi connectivity index (χ3v) is 1.98. The Morgan fingerprint density at radius 2 is 2.14 bits per heavy atom. The molecule has 0 aliphatic carbocycles. The van der Waals surface area contributed by atoms with Gasteiger partial charge in [-0.05, 0) is 24.6 Å². The van der Waals surface area contributed by atoms with Crippen LogP contribution < -0.4 is 0 Å². The van der Waals surface area contributed by atoms with Crippen molar-refractivity contribution in [1.82, 2.24) is 4.98 Å². The highest BCUT2D eigenvalue weighted by Gasteiger charge is 2.00. The number of rotatable bonds is 2. The monoisotopic (exact) mass is 184 g/mol. The summed E-state index contributed by atoms with van der Waals surface area (Å²) in [6.45, 7) is 1.54. The number of Topliss-reactive ketones (excluding diaryl/α,β-unsaturated/α-hetero) is 1. The molecule has 2 heteroatoms. The van der Waals surface area contributed by atoms with Crippen molar-refractivity contribution < 1.29 is 4.79 Å². The van der Waals surface area contributed by atoms with Crippen molar-refractivity contribution in [1.29, 1.82) is 0 Å². The zero-order chi connectivity index (χ0) is 9.97. The molecule has 0 fully saturated rings. The molecule has 2 rings (SSSR count). The second-order valence-electron chi connectivity index (χ2n) is 3.22. The summed E-state index contributed by atoms with van der Waals surface area (Å²) in [4.78, 5) is 15.1. The Kier molecular flexibility index (Phi) is 2.27. The summed E-state index contributed by atoms with van der Waals surface area (Å²) in [5.41, 5.74) is 1.81. The van der Waals surface area contributed by atoms with Gasteiger partial charge in [0.25, 0.3) is 0 Å². The molecule has 1 aromatic heterocycles. The first-order valence-corrected chi connectivity index (χ1v) is 4.46. The summed E-state index contributed by atoms with van der Waals surface area (Å²) < 4.78 is 0. The van der Waals surface area contributed by atoms with Crippen LogP contribution in [0.25, 0.3) is 10.9 Å². The van der Waals surface area contributed by atoms with E-state index in [9.17, 15) is 4.79 Å². The minimum Gasteiger partial charge on any atom is -0.299 e. The van der Waals surface area contributed by atoms with Crippen molar-refractivity contribution >= 4 is 16.7 Å². The van der Waals surface area contributed by atoms with E-state index < -0.39 is 0 Å². The summed E-state index contributed by atoms with van der Waals surface area (Å²) in [6.07, 6.45) is 3.29. The molecule has 0 spiro atoms. The Labute approximate surface area is 82.6 Å². The molecule has 14 heavy (non-hydrogen) atoms. The number of aromatic nitrogens is 1. The molecule has 0 aliphatic rings. The van der Waals surface area contributed by atoms with Crippen LogP contribution in [0.15, 0.2) is 36.5 Å². The molecule has 0 atom stereocenters. The van der Waals surface area contributed by atoms with E-state index in [0.29, 0.717) is 0 Å². The quantitative estimate of drug-likeness (QED) is 0.717. The third-order valence-electron chi connectivity index (χ3n) is 1.98. The first-order chi connectivity index (χ1) is 6.75. The van der Waals surface area contributed by atoms with Crippen molar-refractivity contribution in [2.24, 2.45) is 0 Å². The Morgan fingerprint density at radius 1 is 1.36 bits per heavy atom. The van der Waals surface area contributed by atoms with Gasteiger partial charge in [0.15, 0.2) is 0 Å². The highest BCUT2D eigenvalue weighted by Crippen LogP contribution is 2.13. The lowest BCUT2D eigenvalue weighted by Gasteiger charge is -1.99. The van der Waals surface area contributed by atoms with Crippen LogP contribution in [0, 0.1) is 6.42 Å². The van der Waals surface area contributed by atoms with E-state index in [4.69, 9.17) is 0 Å². The first kappa shape index (κ1) is 8.88. The standard InChI is InChI=1S/C12H10NO/c1-9(14)6-10-7-11-4-2-3-5-12(11)13-8-10/h2-8H,1H3. The van der Waals surface area contributed by atoms with Gasteiger partial charge in [-0.1, -0.05) is 18.2 Å². The molecular weight excluding hydrogens is 174 g/mol. The predicted octanol–water partition coefficient (Wildman–Crippen LogP) is 2.38. The molecular formula is C12H10NO. The summed E-state index contributed by atoms with van der Waals surface area (Å²) in [6, 6.07) is 9.81. The number of pyridine rings is 1. The van der Waals surface area contributed by atoms with Crippen molar-refractivity contribution in [3.63, 3.8) is 0 Å². The molecule has 0 saturated heterocycles. The maximum atomic E-state index is 10.9. The number of hydrogen-bond acceptors (Lipinski definition) is 2. The zero-order valence-electron chi connectivity index (χ0n) is 7.90. The fourth-order valence-corrected chi connectivity index (χ4v) is 1.40. The number of hydrogen-bond donors (Lipinski definition) is 0. The lowest BCUT2D eigenvalue weighted by molar-refractivity contribution is -0.113. The van der Waals surface area contributed by atoms with Crippen LogP contribution in [0.5, 0.6) is 0 Å². The van der Waals surface area contributed by atoms with Gasteiger partial charge in [-0.2, -0.15) is 0 Å². The van der Waals surface area contributed by atoms with Crippen LogP contribution >= 0.6 is 0 Å². The number of nitrogens with zero attached hydrogens (tertiary/aromatic N) is 1. The number of carbonyl (C=O) groups is 1. The normalized spacial score (nSPS) is 10.4. The second-order valence-corrected chi connectivity index (χ2v) is 3.22. The van der Waals surface area contributed by atoms with Gasteiger partial charge in [0.2, 0.25) is 0 Å². The van der Waals surface area contributed by atoms with Crippen molar-refractivity contribution in [3.05, 3.63) is 48.5 Å². The van der Waals surface area contributed by atoms with Crippen molar-refractivity contribution in [2.45, 2.75) is 6.92 Å². The summed E-state index contributed by atoms with van der Waals surface area (Å²) in [5, 5.41) is 1.06. The maximum absolute atomic E-state index is 10.9. The molecule has 69 valence electrons. The molecule has 2 nitrogen and oxygen atoms in total. The fraction of sp³-hybridized carbons (Fsp3) is 0.0833. The van der Waals surface area contributed by atoms with E-state index >= 15 is 0 Å². The molecule has 0 amide bonds. The molecule has 0 aliphatic heterocycles. The summed E-state index contributed by atoms with van der Waals surface area (Å²) >= 11 is 0. The van der Waals surface area contributed by atoms with Crippen LogP contribution in [-0.4, -0.2) is 10.8 Å². The van der Waals surface area contributed by atoms with Crippen LogP contribution in [0.1, 0.15) is 12.5 Å². The summed E-state index contributed by atoms with van der Waals surface area (Å²) in [7, 11) is 0. The van der Waals surface area contributed by atoms with Crippen molar-refractivity contribution in [3.8, 4) is 0 Å². The Morgan fingerprint density at radius 3 is 2.93 bits per heavy atom. The number of benzene rings is 1. The maximum Gasteiger partial charge on any atom is 0.138 e. The van der Waals surface area contributed by atoms with Gasteiger partial charge in [-0.3, -0.25) is 9.78 Å². The Bertz CT molecular complexity index is 476. The lowest BCUT2D eigenvalue weighted by Crippen LogP contribution is -1.93. The lowest BCUT2D eigenvalue weighted by atomic mass is 10.1. The number of para-hydroxylation sites is 1. The average molecular weight is 184 g/mol. The largest absolute Gasteiger partial charge is 0.299 e. The van der Waals surface area contributed by atoms with Crippen LogP contribution in [0.3, 0.4) is 0 Å². The van der Waals surface area contributed by atoms with E-state index in [1.54, 1.807) is 12.6 Å². The van der Waals surface area contributed by atoms with Gasteiger partial charge in [0.05, 0.1) is 11.9 Å². The SMILES string of the molecule is CC(=O)[CH]c1cnc2ccccc2c1. The van der Waals surface area contributed by atoms with Gasteiger partial charge in [-0.25, -0.2) is 0 Å². The minimum atomic E-state index is 0.0436. The molecule has 1 radical (unpaired) electrons. The van der Waals surface area contributed by atoms with Gasteiger partial charge in [-0.15, -0.1) is 0 Å². The highest BCUT2D eigenvalue weighted by molar-refractivity contribution is 5.89. The molecule has 0 saturated carbocycles. The van der Waals surface area contributed by atoms with E-state index in [1.165, 1.54) is 6.92 Å². The van der Waals surface area contributed by atoms with E-state index in [-0.39, 0.29) is 5.78 Å². The molecule has 0 bridgehead atoms. The van der Waals surface area contributed by atoms with Crippen LogP contribution in [-0.2, 0) is 4.79 Å². The van der Waals surface area contributed by atoms with Gasteiger partial charge >= 0.3 is 0 Å². The highest BCUT2D eigenvalue weighted by atomic mass is 16.1. The van der Waals surface area contributed by atoms with Crippen LogP contribution in [0.4, 0.5) is 0 Å². The molecule has 1 heterocycles. The molecule has 1 aromatic carbocycles. The van der Waals surface area contributed by atoms with Gasteiger partial charge < -0.3 is 0 Å². The van der Waals surface area contributed by atoms with Gasteiger partial charge in [0.1, 0.15) is 5.78 Å². The Balaban J connectivity index is 2.46. The fourth-order valence-electron chi connectivity index (χ4n) is 1.40. The van der Waals surface area contributed by atoms with E-state index in [0.717, 1.165) is 16.5 Å². The minimum absolute atomic E-state index is 0.0436. The first-order valence-electron chi connectivity index (χ1n) is 4.46. The number of carbonyl (C=O) groups excluding carboxylic acids is 1. The van der Waals surface area contributed by atoms with E-state index in [1.807, 2.05) is 30.3 Å². The zero-order valence-corrected chi connectivity index (χ0v) is 7.90. The third kappa shape index (κ3) is 1.79. The second kappa shape index (κ2) is 3.58. The smallest absolute Gasteiger partial charge is 0.138 e. The number of ketones is 1. The predicted molar refractivity (Wildman–Crippen MR) is 55.8 cm³/mol. The van der Waals surface area contributed by atoms with Crippen LogP contribution in [0.2, 0.25) is 0 Å².